The number of nitrogens with zero attached hydrogens (tertiary/aromatic N) is 2. The summed E-state index contributed by atoms with van der Waals surface area (Å²) < 4.78 is 6.52. The number of hydrogen-bond donors (Lipinski definition) is 1. The van der Waals surface area contributed by atoms with E-state index in [1.165, 1.54) is 0 Å². The molecule has 0 saturated carbocycles. The lowest BCUT2D eigenvalue weighted by molar-refractivity contribution is 0.460. The summed E-state index contributed by atoms with van der Waals surface area (Å²) in [5.41, 5.74) is 0. The van der Waals surface area contributed by atoms with E-state index in [0.29, 0.717) is 11.7 Å². The molecule has 2 rings (SSSR count). The SMILES string of the molecule is CNc1cncc(Oc2cccc(Br)c2)n1. The van der Waals surface area contributed by atoms with Crippen LogP contribution in [0.4, 0.5) is 5.82 Å². The van der Waals surface area contributed by atoms with Crippen LogP contribution in [0.5, 0.6) is 11.6 Å². The van der Waals surface area contributed by atoms with Crippen molar-refractivity contribution in [1.29, 1.82) is 0 Å². The molecule has 0 radical (unpaired) electrons. The van der Waals surface area contributed by atoms with Crippen molar-refractivity contribution in [3.8, 4) is 11.6 Å². The van der Waals surface area contributed by atoms with Crippen LogP contribution in [-0.2, 0) is 0 Å². The lowest BCUT2D eigenvalue weighted by atomic mass is 10.3. The number of ether oxygens (including phenoxy) is 1. The number of rotatable bonds is 3. The number of nitrogens with one attached hydrogen (secondary N) is 1. The van der Waals surface area contributed by atoms with Crippen LogP contribution in [0, 0.1) is 0 Å². The number of benzene rings is 1. The smallest absolute Gasteiger partial charge is 0.239 e. The second-order valence-electron chi connectivity index (χ2n) is 3.05. The fourth-order valence-corrected chi connectivity index (χ4v) is 1.55. The Labute approximate surface area is 102 Å². The van der Waals surface area contributed by atoms with Gasteiger partial charge in [0.2, 0.25) is 5.88 Å². The summed E-state index contributed by atoms with van der Waals surface area (Å²) in [6.45, 7) is 0. The topological polar surface area (TPSA) is 47.0 Å². The quantitative estimate of drug-likeness (QED) is 0.938. The molecule has 1 heterocycles. The maximum absolute atomic E-state index is 5.56. The fourth-order valence-electron chi connectivity index (χ4n) is 1.17. The van der Waals surface area contributed by atoms with Crippen molar-refractivity contribution in [2.75, 3.05) is 12.4 Å². The van der Waals surface area contributed by atoms with Crippen molar-refractivity contribution < 1.29 is 4.74 Å². The Morgan fingerprint density at radius 1 is 1.31 bits per heavy atom. The van der Waals surface area contributed by atoms with Gasteiger partial charge < -0.3 is 10.1 Å². The minimum atomic E-state index is 0.463. The molecule has 0 bridgehead atoms. The molecule has 82 valence electrons. The van der Waals surface area contributed by atoms with E-state index in [1.54, 1.807) is 19.4 Å². The van der Waals surface area contributed by atoms with Crippen molar-refractivity contribution in [3.63, 3.8) is 0 Å². The molecule has 4 nitrogen and oxygen atoms in total. The van der Waals surface area contributed by atoms with Gasteiger partial charge in [-0.1, -0.05) is 22.0 Å². The highest BCUT2D eigenvalue weighted by Crippen LogP contribution is 2.22. The largest absolute Gasteiger partial charge is 0.437 e. The van der Waals surface area contributed by atoms with E-state index in [4.69, 9.17) is 4.74 Å². The van der Waals surface area contributed by atoms with Gasteiger partial charge in [-0.3, -0.25) is 4.98 Å². The molecule has 0 unspecified atom stereocenters. The lowest BCUT2D eigenvalue weighted by Crippen LogP contribution is -1.95. The van der Waals surface area contributed by atoms with Gasteiger partial charge in [0.15, 0.2) is 0 Å². The van der Waals surface area contributed by atoms with Crippen LogP contribution in [0.1, 0.15) is 0 Å². The fraction of sp³-hybridized carbons (Fsp3) is 0.0909. The molecule has 1 aromatic carbocycles. The molecule has 1 N–H and O–H groups in total. The molecule has 0 spiro atoms. The average molecular weight is 280 g/mol. The molecule has 0 aliphatic heterocycles. The zero-order chi connectivity index (χ0) is 11.4. The van der Waals surface area contributed by atoms with Crippen molar-refractivity contribution in [1.82, 2.24) is 9.97 Å². The Morgan fingerprint density at radius 2 is 2.19 bits per heavy atom. The second kappa shape index (κ2) is 4.94. The highest BCUT2D eigenvalue weighted by Gasteiger charge is 2.00. The number of halogens is 1. The summed E-state index contributed by atoms with van der Waals surface area (Å²) >= 11 is 3.38. The first kappa shape index (κ1) is 10.9. The molecule has 16 heavy (non-hydrogen) atoms. The third kappa shape index (κ3) is 2.70. The summed E-state index contributed by atoms with van der Waals surface area (Å²) in [7, 11) is 1.78. The molecule has 1 aromatic heterocycles. The van der Waals surface area contributed by atoms with E-state index in [2.05, 4.69) is 31.2 Å². The second-order valence-corrected chi connectivity index (χ2v) is 3.97. The van der Waals surface area contributed by atoms with E-state index < -0.39 is 0 Å². The molecule has 0 saturated heterocycles. The van der Waals surface area contributed by atoms with E-state index >= 15 is 0 Å². The van der Waals surface area contributed by atoms with Gasteiger partial charge in [0.25, 0.3) is 0 Å². The summed E-state index contributed by atoms with van der Waals surface area (Å²) in [5.74, 6) is 1.86. The molecule has 0 aliphatic carbocycles. The molecule has 5 heteroatoms. The maximum atomic E-state index is 5.56. The molecular formula is C11H10BrN3O. The Kier molecular flexibility index (Phi) is 3.36. The Balaban J connectivity index is 2.20. The molecule has 0 fully saturated rings. The van der Waals surface area contributed by atoms with E-state index in [0.717, 1.165) is 10.2 Å². The van der Waals surface area contributed by atoms with E-state index in [-0.39, 0.29) is 0 Å². The minimum Gasteiger partial charge on any atom is -0.437 e. The van der Waals surface area contributed by atoms with Crippen LogP contribution in [0.25, 0.3) is 0 Å². The Hall–Kier alpha value is -1.62. The summed E-state index contributed by atoms with van der Waals surface area (Å²) in [6.07, 6.45) is 3.20. The predicted molar refractivity (Wildman–Crippen MR) is 65.8 cm³/mol. The lowest BCUT2D eigenvalue weighted by Gasteiger charge is -2.05. The molecule has 0 aliphatic rings. The standard InChI is InChI=1S/C11H10BrN3O/c1-13-10-6-14-7-11(15-10)16-9-4-2-3-8(12)5-9/h2-7H,1H3,(H,13,15). The van der Waals surface area contributed by atoms with Crippen LogP contribution >= 0.6 is 15.9 Å². The van der Waals surface area contributed by atoms with Crippen molar-refractivity contribution in [2.45, 2.75) is 0 Å². The molecule has 0 amide bonds. The highest BCUT2D eigenvalue weighted by atomic mass is 79.9. The first-order valence-corrected chi connectivity index (χ1v) is 5.50. The van der Waals surface area contributed by atoms with Crippen molar-refractivity contribution >= 4 is 21.7 Å². The number of hydrogen-bond acceptors (Lipinski definition) is 4. The van der Waals surface area contributed by atoms with Gasteiger partial charge in [-0.25, -0.2) is 0 Å². The Bertz CT molecular complexity index is 490. The molecule has 2 aromatic rings. The molecular weight excluding hydrogens is 270 g/mol. The van der Waals surface area contributed by atoms with Gasteiger partial charge >= 0.3 is 0 Å². The van der Waals surface area contributed by atoms with Crippen LogP contribution in [0.3, 0.4) is 0 Å². The average Bonchev–Trinajstić information content (AvgIpc) is 2.29. The van der Waals surface area contributed by atoms with Crippen LogP contribution < -0.4 is 10.1 Å². The normalized spacial score (nSPS) is 9.88. The first-order valence-electron chi connectivity index (χ1n) is 4.71. The van der Waals surface area contributed by atoms with Gasteiger partial charge in [0.05, 0.1) is 12.4 Å². The summed E-state index contributed by atoms with van der Waals surface area (Å²) in [4.78, 5) is 8.22. The van der Waals surface area contributed by atoms with Crippen LogP contribution in [0.15, 0.2) is 41.1 Å². The van der Waals surface area contributed by atoms with Crippen LogP contribution in [0.2, 0.25) is 0 Å². The van der Waals surface area contributed by atoms with Gasteiger partial charge in [0.1, 0.15) is 11.6 Å². The minimum absolute atomic E-state index is 0.463. The van der Waals surface area contributed by atoms with E-state index in [1.807, 2.05) is 24.3 Å². The zero-order valence-corrected chi connectivity index (χ0v) is 10.2. The summed E-state index contributed by atoms with van der Waals surface area (Å²) in [5, 5.41) is 2.90. The molecule has 0 atom stereocenters. The van der Waals surface area contributed by atoms with Crippen molar-refractivity contribution in [3.05, 3.63) is 41.1 Å². The first-order chi connectivity index (χ1) is 7.78. The van der Waals surface area contributed by atoms with Gasteiger partial charge in [-0.2, -0.15) is 4.98 Å². The van der Waals surface area contributed by atoms with Gasteiger partial charge in [-0.05, 0) is 18.2 Å². The highest BCUT2D eigenvalue weighted by molar-refractivity contribution is 9.10. The van der Waals surface area contributed by atoms with Crippen molar-refractivity contribution in [2.24, 2.45) is 0 Å². The number of aromatic nitrogens is 2. The third-order valence-corrected chi connectivity index (χ3v) is 2.38. The Morgan fingerprint density at radius 3 is 2.94 bits per heavy atom. The predicted octanol–water partition coefficient (Wildman–Crippen LogP) is 3.07. The zero-order valence-electron chi connectivity index (χ0n) is 8.64. The van der Waals surface area contributed by atoms with Crippen LogP contribution in [-0.4, -0.2) is 17.0 Å². The third-order valence-electron chi connectivity index (χ3n) is 1.89. The maximum Gasteiger partial charge on any atom is 0.239 e. The van der Waals surface area contributed by atoms with E-state index in [9.17, 15) is 0 Å². The number of anilines is 1. The summed E-state index contributed by atoms with van der Waals surface area (Å²) in [6, 6.07) is 7.56. The monoisotopic (exact) mass is 279 g/mol. The van der Waals surface area contributed by atoms with Gasteiger partial charge in [-0.15, -0.1) is 0 Å². The van der Waals surface area contributed by atoms with Gasteiger partial charge in [0, 0.05) is 11.5 Å².